The van der Waals surface area contributed by atoms with Crippen LogP contribution in [0.25, 0.3) is 0 Å². The highest BCUT2D eigenvalue weighted by Crippen LogP contribution is 2.30. The molecule has 0 spiro atoms. The molecule has 2 rings (SSSR count). The number of aryl methyl sites for hydroxylation is 3. The number of hydrogen-bond donors (Lipinski definition) is 2. The summed E-state index contributed by atoms with van der Waals surface area (Å²) in [7, 11) is 1.83. The SMILES string of the molecule is Cc1nc(S[C@H](C)C(=O)Nc2c(C)nn(C)c2C)c(C(N)=O)c(C)c1C. The molecular weight excluding hydrogens is 350 g/mol. The Labute approximate surface area is 157 Å². The number of hydrogen-bond acceptors (Lipinski definition) is 5. The highest BCUT2D eigenvalue weighted by atomic mass is 32.2. The summed E-state index contributed by atoms with van der Waals surface area (Å²) in [6.07, 6.45) is 0. The molecule has 0 bridgehead atoms. The zero-order valence-electron chi connectivity index (χ0n) is 16.2. The third-order valence-electron chi connectivity index (χ3n) is 4.62. The highest BCUT2D eigenvalue weighted by Gasteiger charge is 2.23. The van der Waals surface area contributed by atoms with Gasteiger partial charge in [0.05, 0.1) is 27.9 Å². The second-order valence-electron chi connectivity index (χ2n) is 6.41. The molecule has 0 saturated heterocycles. The molecule has 140 valence electrons. The van der Waals surface area contributed by atoms with Crippen molar-refractivity contribution >= 4 is 29.3 Å². The van der Waals surface area contributed by atoms with Crippen LogP contribution in [0, 0.1) is 34.6 Å². The summed E-state index contributed by atoms with van der Waals surface area (Å²) in [6.45, 7) is 11.2. The average Bonchev–Trinajstić information content (AvgIpc) is 2.78. The van der Waals surface area contributed by atoms with Gasteiger partial charge in [0, 0.05) is 12.7 Å². The lowest BCUT2D eigenvalue weighted by Crippen LogP contribution is -2.24. The number of aromatic nitrogens is 3. The Morgan fingerprint density at radius 3 is 2.23 bits per heavy atom. The maximum Gasteiger partial charge on any atom is 0.251 e. The lowest BCUT2D eigenvalue weighted by atomic mass is 10.0. The van der Waals surface area contributed by atoms with Crippen molar-refractivity contribution < 1.29 is 9.59 Å². The van der Waals surface area contributed by atoms with E-state index in [1.807, 2.05) is 41.7 Å². The Hall–Kier alpha value is -2.35. The van der Waals surface area contributed by atoms with E-state index in [4.69, 9.17) is 5.73 Å². The normalized spacial score (nSPS) is 12.1. The van der Waals surface area contributed by atoms with Crippen molar-refractivity contribution in [2.75, 3.05) is 5.32 Å². The van der Waals surface area contributed by atoms with Crippen LogP contribution in [0.5, 0.6) is 0 Å². The van der Waals surface area contributed by atoms with Gasteiger partial charge in [-0.1, -0.05) is 11.8 Å². The van der Waals surface area contributed by atoms with Crippen molar-refractivity contribution in [3.63, 3.8) is 0 Å². The number of primary amides is 1. The average molecular weight is 375 g/mol. The molecule has 7 nitrogen and oxygen atoms in total. The Kier molecular flexibility index (Phi) is 5.75. The van der Waals surface area contributed by atoms with Crippen molar-refractivity contribution in [2.24, 2.45) is 12.8 Å². The standard InChI is InChI=1S/C18H25N5O2S/c1-8-9(2)14(16(19)24)18(20-10(8)3)26-13(6)17(25)21-15-11(4)22-23(7)12(15)5/h13H,1-7H3,(H2,19,24)(H,21,25)/t13-/m1/s1. The number of anilines is 1. The van der Waals surface area contributed by atoms with Crippen molar-refractivity contribution in [2.45, 2.75) is 51.8 Å². The number of amides is 2. The van der Waals surface area contributed by atoms with Crippen LogP contribution < -0.4 is 11.1 Å². The van der Waals surface area contributed by atoms with Crippen LogP contribution in [-0.2, 0) is 11.8 Å². The zero-order valence-corrected chi connectivity index (χ0v) is 17.0. The van der Waals surface area contributed by atoms with Crippen LogP contribution in [-0.4, -0.2) is 31.8 Å². The minimum atomic E-state index is -0.535. The quantitative estimate of drug-likeness (QED) is 0.782. The molecule has 3 N–H and O–H groups in total. The minimum Gasteiger partial charge on any atom is -0.366 e. The Balaban J connectivity index is 2.28. The van der Waals surface area contributed by atoms with E-state index < -0.39 is 11.2 Å². The van der Waals surface area contributed by atoms with Gasteiger partial charge in [-0.2, -0.15) is 5.10 Å². The number of carbonyl (C=O) groups excluding carboxylic acids is 2. The number of nitrogens with zero attached hydrogens (tertiary/aromatic N) is 3. The van der Waals surface area contributed by atoms with Crippen molar-refractivity contribution in [3.8, 4) is 0 Å². The van der Waals surface area contributed by atoms with Crippen LogP contribution in [0.1, 0.15) is 45.5 Å². The first-order valence-electron chi connectivity index (χ1n) is 8.29. The van der Waals surface area contributed by atoms with E-state index in [-0.39, 0.29) is 5.91 Å². The second-order valence-corrected chi connectivity index (χ2v) is 7.74. The van der Waals surface area contributed by atoms with Gasteiger partial charge in [0.15, 0.2) is 0 Å². The molecule has 0 unspecified atom stereocenters. The molecule has 0 aliphatic heterocycles. The monoisotopic (exact) mass is 375 g/mol. The van der Waals surface area contributed by atoms with Crippen LogP contribution in [0.4, 0.5) is 5.69 Å². The fourth-order valence-corrected chi connectivity index (χ4v) is 3.75. The van der Waals surface area contributed by atoms with Gasteiger partial charge >= 0.3 is 0 Å². The van der Waals surface area contributed by atoms with Crippen molar-refractivity contribution in [1.29, 1.82) is 0 Å². The minimum absolute atomic E-state index is 0.178. The molecule has 0 saturated carbocycles. The van der Waals surface area contributed by atoms with Gasteiger partial charge in [-0.25, -0.2) is 4.98 Å². The van der Waals surface area contributed by atoms with E-state index in [9.17, 15) is 9.59 Å². The number of carbonyl (C=O) groups is 2. The Bertz CT molecular complexity index is 888. The maximum atomic E-state index is 12.6. The predicted octanol–water partition coefficient (Wildman–Crippen LogP) is 2.58. The highest BCUT2D eigenvalue weighted by molar-refractivity contribution is 8.00. The molecular formula is C18H25N5O2S. The fraction of sp³-hybridized carbons (Fsp3) is 0.444. The molecule has 2 heterocycles. The van der Waals surface area contributed by atoms with Crippen molar-refractivity contribution in [1.82, 2.24) is 14.8 Å². The van der Waals surface area contributed by atoms with Gasteiger partial charge in [0.1, 0.15) is 5.03 Å². The number of pyridine rings is 1. The Morgan fingerprint density at radius 1 is 1.12 bits per heavy atom. The molecule has 2 amide bonds. The lowest BCUT2D eigenvalue weighted by molar-refractivity contribution is -0.115. The van der Waals surface area contributed by atoms with E-state index in [1.54, 1.807) is 11.6 Å². The van der Waals surface area contributed by atoms with Crippen LogP contribution >= 0.6 is 11.8 Å². The summed E-state index contributed by atoms with van der Waals surface area (Å²) in [4.78, 5) is 29.0. The summed E-state index contributed by atoms with van der Waals surface area (Å²) in [5, 5.41) is 7.25. The van der Waals surface area contributed by atoms with Gasteiger partial charge in [0.25, 0.3) is 5.91 Å². The summed E-state index contributed by atoms with van der Waals surface area (Å²) in [6, 6.07) is 0. The fourth-order valence-electron chi connectivity index (χ4n) is 2.69. The maximum absolute atomic E-state index is 12.6. The first-order chi connectivity index (χ1) is 12.0. The summed E-state index contributed by atoms with van der Waals surface area (Å²) in [5.74, 6) is -0.713. The molecule has 8 heteroatoms. The van der Waals surface area contributed by atoms with Gasteiger partial charge in [-0.05, 0) is 52.7 Å². The van der Waals surface area contributed by atoms with E-state index in [0.29, 0.717) is 16.3 Å². The topological polar surface area (TPSA) is 103 Å². The molecule has 0 aliphatic carbocycles. The predicted molar refractivity (Wildman–Crippen MR) is 104 cm³/mol. The first kappa shape index (κ1) is 20.0. The summed E-state index contributed by atoms with van der Waals surface area (Å²) >= 11 is 1.23. The van der Waals surface area contributed by atoms with E-state index in [0.717, 1.165) is 28.2 Å². The largest absolute Gasteiger partial charge is 0.366 e. The second kappa shape index (κ2) is 7.49. The van der Waals surface area contributed by atoms with E-state index >= 15 is 0 Å². The smallest absolute Gasteiger partial charge is 0.251 e. The zero-order chi connectivity index (χ0) is 19.8. The molecule has 1 atom stereocenters. The molecule has 0 fully saturated rings. The van der Waals surface area contributed by atoms with Crippen LogP contribution in [0.2, 0.25) is 0 Å². The lowest BCUT2D eigenvalue weighted by Gasteiger charge is -2.16. The molecule has 2 aromatic rings. The summed E-state index contributed by atoms with van der Waals surface area (Å²) in [5.41, 5.74) is 10.8. The van der Waals surface area contributed by atoms with Crippen molar-refractivity contribution in [3.05, 3.63) is 33.8 Å². The van der Waals surface area contributed by atoms with Crippen LogP contribution in [0.3, 0.4) is 0 Å². The number of rotatable bonds is 5. The molecule has 26 heavy (non-hydrogen) atoms. The molecule has 2 aromatic heterocycles. The van der Waals surface area contributed by atoms with Gasteiger partial charge in [-0.15, -0.1) is 0 Å². The van der Waals surface area contributed by atoms with Gasteiger partial charge in [0.2, 0.25) is 5.91 Å². The first-order valence-corrected chi connectivity index (χ1v) is 9.17. The number of thioether (sulfide) groups is 1. The Morgan fingerprint density at radius 2 is 1.73 bits per heavy atom. The number of nitrogens with one attached hydrogen (secondary N) is 1. The third-order valence-corrected chi connectivity index (χ3v) is 5.71. The molecule has 0 radical (unpaired) electrons. The third kappa shape index (κ3) is 3.75. The van der Waals surface area contributed by atoms with Gasteiger partial charge in [-0.3, -0.25) is 14.3 Å². The van der Waals surface area contributed by atoms with E-state index in [1.165, 1.54) is 11.8 Å². The number of nitrogens with two attached hydrogens (primary N) is 1. The summed E-state index contributed by atoms with van der Waals surface area (Å²) < 4.78 is 1.72. The van der Waals surface area contributed by atoms with Gasteiger partial charge < -0.3 is 11.1 Å². The van der Waals surface area contributed by atoms with E-state index in [2.05, 4.69) is 15.4 Å². The van der Waals surface area contributed by atoms with Crippen LogP contribution in [0.15, 0.2) is 5.03 Å². The molecule has 0 aromatic carbocycles. The molecule has 0 aliphatic rings.